The molecule has 0 saturated carbocycles. The zero-order chi connectivity index (χ0) is 19.1. The summed E-state index contributed by atoms with van der Waals surface area (Å²) in [5, 5.41) is 11.9. The van der Waals surface area contributed by atoms with Gasteiger partial charge in [-0.1, -0.05) is 0 Å². The maximum Gasteiger partial charge on any atom is 0.325 e. The van der Waals surface area contributed by atoms with E-state index in [4.69, 9.17) is 9.15 Å². The van der Waals surface area contributed by atoms with Crippen molar-refractivity contribution in [3.05, 3.63) is 59.0 Å². The SMILES string of the molecule is Cc1cc(Oc2ncc3nc(-c4cc(C)c([O])c(C)c4)oc3n2)ccc1F. The molecule has 2 heterocycles. The second kappa shape index (κ2) is 6.35. The van der Waals surface area contributed by atoms with Crippen LogP contribution in [0.25, 0.3) is 22.7 Å². The largest absolute Gasteiger partial charge is 0.424 e. The number of rotatable bonds is 3. The molecule has 2 aromatic carbocycles. The van der Waals surface area contributed by atoms with E-state index in [0.29, 0.717) is 39.4 Å². The molecule has 0 unspecified atom stereocenters. The maximum atomic E-state index is 13.4. The van der Waals surface area contributed by atoms with Crippen LogP contribution in [0.1, 0.15) is 16.7 Å². The van der Waals surface area contributed by atoms with E-state index in [1.807, 2.05) is 0 Å². The Morgan fingerprint density at radius 2 is 1.74 bits per heavy atom. The molecule has 0 N–H and O–H groups in total. The molecule has 2 aromatic heterocycles. The topological polar surface area (TPSA) is 80.9 Å². The second-order valence-electron chi connectivity index (χ2n) is 6.31. The maximum absolute atomic E-state index is 13.4. The van der Waals surface area contributed by atoms with Crippen LogP contribution in [0, 0.1) is 26.6 Å². The van der Waals surface area contributed by atoms with Gasteiger partial charge in [0.25, 0.3) is 5.71 Å². The number of benzene rings is 2. The summed E-state index contributed by atoms with van der Waals surface area (Å²) in [7, 11) is 0. The van der Waals surface area contributed by atoms with E-state index in [-0.39, 0.29) is 23.3 Å². The van der Waals surface area contributed by atoms with E-state index in [2.05, 4.69) is 15.0 Å². The summed E-state index contributed by atoms with van der Waals surface area (Å²) in [4.78, 5) is 12.7. The van der Waals surface area contributed by atoms with Gasteiger partial charge in [0.2, 0.25) is 5.89 Å². The molecule has 27 heavy (non-hydrogen) atoms. The Labute approximate surface area is 154 Å². The van der Waals surface area contributed by atoms with Gasteiger partial charge in [-0.2, -0.15) is 4.98 Å². The highest BCUT2D eigenvalue weighted by atomic mass is 19.1. The molecule has 0 saturated heterocycles. The van der Waals surface area contributed by atoms with Crippen molar-refractivity contribution in [3.8, 4) is 29.0 Å². The van der Waals surface area contributed by atoms with Crippen LogP contribution in [0.15, 0.2) is 40.9 Å². The fraction of sp³-hybridized carbons (Fsp3) is 0.150. The Bertz CT molecular complexity index is 1150. The molecular formula is C20H15FN3O3. The van der Waals surface area contributed by atoms with Gasteiger partial charge >= 0.3 is 6.01 Å². The van der Waals surface area contributed by atoms with Crippen LogP contribution in [-0.4, -0.2) is 15.0 Å². The van der Waals surface area contributed by atoms with Gasteiger partial charge in [0.1, 0.15) is 17.1 Å². The minimum Gasteiger partial charge on any atom is -0.424 e. The Morgan fingerprint density at radius 3 is 2.44 bits per heavy atom. The lowest BCUT2D eigenvalue weighted by Crippen LogP contribution is -1.92. The number of aromatic nitrogens is 3. The van der Waals surface area contributed by atoms with E-state index in [9.17, 15) is 9.50 Å². The Morgan fingerprint density at radius 1 is 1.00 bits per heavy atom. The molecule has 0 fully saturated rings. The molecule has 1 radical (unpaired) electrons. The quantitative estimate of drug-likeness (QED) is 0.494. The highest BCUT2D eigenvalue weighted by molar-refractivity contribution is 5.72. The van der Waals surface area contributed by atoms with Crippen molar-refractivity contribution in [2.45, 2.75) is 20.8 Å². The van der Waals surface area contributed by atoms with Crippen LogP contribution in [0.5, 0.6) is 17.5 Å². The van der Waals surface area contributed by atoms with Gasteiger partial charge in [0.15, 0.2) is 5.75 Å². The Balaban J connectivity index is 1.68. The number of oxazole rings is 1. The lowest BCUT2D eigenvalue weighted by Gasteiger charge is -2.04. The number of hydrogen-bond acceptors (Lipinski definition) is 5. The minimum atomic E-state index is -0.312. The Hall–Kier alpha value is -3.48. The van der Waals surface area contributed by atoms with E-state index in [1.165, 1.54) is 18.3 Å². The van der Waals surface area contributed by atoms with Crippen LogP contribution >= 0.6 is 0 Å². The molecule has 0 amide bonds. The van der Waals surface area contributed by atoms with E-state index in [1.54, 1.807) is 39.0 Å². The lowest BCUT2D eigenvalue weighted by molar-refractivity contribution is 0.348. The van der Waals surface area contributed by atoms with E-state index in [0.717, 1.165) is 0 Å². The van der Waals surface area contributed by atoms with Crippen LogP contribution in [0.4, 0.5) is 4.39 Å². The van der Waals surface area contributed by atoms with Crippen molar-refractivity contribution in [1.82, 2.24) is 15.0 Å². The van der Waals surface area contributed by atoms with Gasteiger partial charge in [-0.15, -0.1) is 0 Å². The lowest BCUT2D eigenvalue weighted by atomic mass is 10.1. The van der Waals surface area contributed by atoms with E-state index >= 15 is 0 Å². The molecule has 0 aliphatic heterocycles. The molecule has 0 bridgehead atoms. The third kappa shape index (κ3) is 3.19. The fourth-order valence-electron chi connectivity index (χ4n) is 2.75. The van der Waals surface area contributed by atoms with Crippen molar-refractivity contribution < 1.29 is 18.7 Å². The van der Waals surface area contributed by atoms with Crippen LogP contribution in [0.3, 0.4) is 0 Å². The van der Waals surface area contributed by atoms with Gasteiger partial charge in [-0.25, -0.2) is 14.4 Å². The molecule has 0 aliphatic rings. The molecule has 7 heteroatoms. The van der Waals surface area contributed by atoms with Gasteiger partial charge in [0, 0.05) is 5.56 Å². The van der Waals surface area contributed by atoms with Crippen LogP contribution < -0.4 is 4.74 Å². The van der Waals surface area contributed by atoms with Crippen molar-refractivity contribution in [1.29, 1.82) is 0 Å². The first-order chi connectivity index (χ1) is 12.9. The first kappa shape index (κ1) is 17.0. The summed E-state index contributed by atoms with van der Waals surface area (Å²) in [6.45, 7) is 5.14. The number of aryl methyl sites for hydroxylation is 3. The summed E-state index contributed by atoms with van der Waals surface area (Å²) in [5.41, 5.74) is 3.12. The average Bonchev–Trinajstić information content (AvgIpc) is 3.06. The number of fused-ring (bicyclic) bond motifs is 1. The highest BCUT2D eigenvalue weighted by Gasteiger charge is 2.15. The minimum absolute atomic E-state index is 0.0000645. The molecule has 6 nitrogen and oxygen atoms in total. The number of halogens is 1. The van der Waals surface area contributed by atoms with Crippen LogP contribution in [0.2, 0.25) is 0 Å². The monoisotopic (exact) mass is 364 g/mol. The number of nitrogens with zero attached hydrogens (tertiary/aromatic N) is 3. The average molecular weight is 364 g/mol. The normalized spacial score (nSPS) is 11.1. The number of ether oxygens (including phenoxy) is 1. The summed E-state index contributed by atoms with van der Waals surface area (Å²) in [5.74, 6) is 0.457. The van der Waals surface area contributed by atoms with Crippen molar-refractivity contribution in [2.75, 3.05) is 0 Å². The molecule has 135 valence electrons. The van der Waals surface area contributed by atoms with Crippen molar-refractivity contribution in [2.24, 2.45) is 0 Å². The predicted octanol–water partition coefficient (Wildman–Crippen LogP) is 5.29. The van der Waals surface area contributed by atoms with Crippen molar-refractivity contribution >= 4 is 11.2 Å². The first-order valence-electron chi connectivity index (χ1n) is 8.27. The molecule has 0 atom stereocenters. The third-order valence-corrected chi connectivity index (χ3v) is 4.17. The fourth-order valence-corrected chi connectivity index (χ4v) is 2.75. The zero-order valence-corrected chi connectivity index (χ0v) is 14.9. The standard InChI is InChI=1S/C20H15FN3O3/c1-10-8-14(4-5-15(10)21)26-20-22-9-16-19(24-20)27-18(23-16)13-6-11(2)17(25)12(3)7-13/h4-9H,1-3H3. The summed E-state index contributed by atoms with van der Waals surface area (Å²) < 4.78 is 24.7. The van der Waals surface area contributed by atoms with Gasteiger partial charge < -0.3 is 9.15 Å². The second-order valence-corrected chi connectivity index (χ2v) is 6.31. The highest BCUT2D eigenvalue weighted by Crippen LogP contribution is 2.31. The van der Waals surface area contributed by atoms with Gasteiger partial charge in [-0.3, -0.25) is 5.11 Å². The first-order valence-corrected chi connectivity index (χ1v) is 8.27. The van der Waals surface area contributed by atoms with Crippen LogP contribution in [-0.2, 0) is 5.11 Å². The summed E-state index contributed by atoms with van der Waals surface area (Å²) >= 11 is 0. The molecule has 4 rings (SSSR count). The van der Waals surface area contributed by atoms with E-state index < -0.39 is 0 Å². The zero-order valence-electron chi connectivity index (χ0n) is 14.9. The summed E-state index contributed by atoms with van der Waals surface area (Å²) in [6, 6.07) is 7.90. The smallest absolute Gasteiger partial charge is 0.325 e. The molecular weight excluding hydrogens is 349 g/mol. The van der Waals surface area contributed by atoms with Gasteiger partial charge in [0.05, 0.1) is 6.20 Å². The predicted molar refractivity (Wildman–Crippen MR) is 95.9 cm³/mol. The van der Waals surface area contributed by atoms with Gasteiger partial charge in [-0.05, 0) is 67.8 Å². The summed E-state index contributed by atoms with van der Waals surface area (Å²) in [6.07, 6.45) is 1.49. The molecule has 0 aliphatic carbocycles. The molecule has 0 spiro atoms. The Kier molecular flexibility index (Phi) is 3.99. The molecule has 4 aromatic rings. The van der Waals surface area contributed by atoms with Crippen molar-refractivity contribution in [3.63, 3.8) is 0 Å². The third-order valence-electron chi connectivity index (χ3n) is 4.17. The number of hydrogen-bond donors (Lipinski definition) is 0.